The first-order valence-corrected chi connectivity index (χ1v) is 26.8. The first-order chi connectivity index (χ1) is 29.3. The molecule has 60 heavy (non-hydrogen) atoms. The average molecular weight is 864 g/mol. The van der Waals surface area contributed by atoms with Gasteiger partial charge in [-0.15, -0.1) is 0 Å². The Hall–Kier alpha value is -2.43. The van der Waals surface area contributed by atoms with E-state index in [0.29, 0.717) is 0 Å². The van der Waals surface area contributed by atoms with Gasteiger partial charge in [0.25, 0.3) is 0 Å². The maximum atomic E-state index is 12.5. The van der Waals surface area contributed by atoms with Crippen LogP contribution in [0.15, 0.2) is 35.4 Å². The number of hydrogen-bond acceptors (Lipinski definition) is 0. The number of allylic oxidation sites excluding steroid dienone is 2. The summed E-state index contributed by atoms with van der Waals surface area (Å²) in [6.45, 7) is 22.8. The van der Waals surface area contributed by atoms with Crippen LogP contribution in [0.25, 0.3) is 16.9 Å². The van der Waals surface area contributed by atoms with Crippen molar-refractivity contribution < 1.29 is 19.1 Å². The van der Waals surface area contributed by atoms with E-state index >= 15 is 0 Å². The van der Waals surface area contributed by atoms with Gasteiger partial charge in [0.05, 0.1) is 0 Å². The van der Waals surface area contributed by atoms with E-state index in [2.05, 4.69) is 105 Å². The van der Waals surface area contributed by atoms with Crippen LogP contribution in [0.1, 0.15) is 248 Å². The van der Waals surface area contributed by atoms with Gasteiger partial charge in [-0.3, -0.25) is 0 Å². The van der Waals surface area contributed by atoms with Crippen molar-refractivity contribution in [3.63, 3.8) is 0 Å². The van der Waals surface area contributed by atoms with Gasteiger partial charge in [0.15, 0.2) is 0 Å². The topological polar surface area (TPSA) is 25.3 Å². The molecular weight excluding hydrogens is 771 g/mol. The monoisotopic (exact) mass is 863 g/mol. The third-order valence-electron chi connectivity index (χ3n) is 12.3. The maximum absolute atomic E-state index is 12.5. The zero-order valence-corrected chi connectivity index (χ0v) is 42.0. The molecule has 1 aliphatic rings. The Kier molecular flexibility index (Phi) is 29.7. The molecule has 2 aromatic carbocycles. The first-order valence-electron chi connectivity index (χ1n) is 25.4. The number of hydrogen-bond donors (Lipinski definition) is 0. The summed E-state index contributed by atoms with van der Waals surface area (Å²) in [5.74, 6) is 7.15. The van der Waals surface area contributed by atoms with Crippen molar-refractivity contribution >= 4 is 11.4 Å². The van der Waals surface area contributed by atoms with Crippen LogP contribution in [0.4, 0.5) is 0 Å². The minimum atomic E-state index is 0.831. The summed E-state index contributed by atoms with van der Waals surface area (Å²) < 4.78 is 1.56. The molecule has 1 aliphatic heterocycles. The average Bonchev–Trinajstić information content (AvgIpc) is 3.53. The molecule has 340 valence electrons. The molecule has 0 N–H and O–H groups in total. The van der Waals surface area contributed by atoms with Crippen molar-refractivity contribution in [3.8, 4) is 11.8 Å². The zero-order valence-electron chi connectivity index (χ0n) is 41.0. The summed E-state index contributed by atoms with van der Waals surface area (Å²) in [6, 6.07) is 9.64. The van der Waals surface area contributed by atoms with Crippen LogP contribution in [0.3, 0.4) is 0 Å². The Balaban J connectivity index is 0.00000123. The van der Waals surface area contributed by atoms with Gasteiger partial charge in [-0.05, 0) is 136 Å². The SMILES string of the molecule is CCCC#CC1=C(c2cc(CCCCCC)c(C)c(CCCCCC)c2)[N+](=[N-])C(c2cc(CCCCCC)c(C)c(CCCCCC)c2)=C1CC.CCC[CH2][Ni][CH2]CCC. The quantitative estimate of drug-likeness (QED) is 0.0324. The van der Waals surface area contributed by atoms with Crippen LogP contribution < -0.4 is 0 Å². The minimum absolute atomic E-state index is 0.831. The molecule has 0 amide bonds. The second-order valence-electron chi connectivity index (χ2n) is 17.5. The van der Waals surface area contributed by atoms with Crippen molar-refractivity contribution in [2.24, 2.45) is 0 Å². The second kappa shape index (κ2) is 33.2. The summed E-state index contributed by atoms with van der Waals surface area (Å²) in [4.78, 5) is 0. The summed E-state index contributed by atoms with van der Waals surface area (Å²) >= 11 is 1.94. The predicted octanol–water partition coefficient (Wildman–Crippen LogP) is 18.7. The van der Waals surface area contributed by atoms with E-state index in [1.165, 1.54) is 178 Å². The van der Waals surface area contributed by atoms with E-state index in [9.17, 15) is 5.53 Å². The van der Waals surface area contributed by atoms with Crippen molar-refractivity contribution in [3.05, 3.63) is 85.5 Å². The van der Waals surface area contributed by atoms with E-state index in [0.717, 1.165) is 73.0 Å². The van der Waals surface area contributed by atoms with E-state index in [1.54, 1.807) is 4.70 Å². The molecule has 3 rings (SSSR count). The molecule has 0 saturated carbocycles. The number of unbranched alkanes of at least 4 members (excludes halogenated alkanes) is 15. The normalized spacial score (nSPS) is 12.7. The van der Waals surface area contributed by atoms with Gasteiger partial charge in [0, 0.05) is 23.1 Å². The molecule has 1 heterocycles. The van der Waals surface area contributed by atoms with Gasteiger partial charge in [0.1, 0.15) is 5.57 Å². The fourth-order valence-corrected chi connectivity index (χ4v) is 9.79. The Morgan fingerprint density at radius 2 is 0.833 bits per heavy atom. The van der Waals surface area contributed by atoms with Crippen LogP contribution in [-0.2, 0) is 40.1 Å². The van der Waals surface area contributed by atoms with Gasteiger partial charge >= 0.3 is 64.8 Å². The molecule has 0 fully saturated rings. The molecule has 0 spiro atoms. The number of aryl methyl sites for hydroxylation is 4. The van der Waals surface area contributed by atoms with Crippen molar-refractivity contribution in [1.82, 2.24) is 0 Å². The molecule has 2 nitrogen and oxygen atoms in total. The van der Waals surface area contributed by atoms with Crippen LogP contribution in [0, 0.1) is 25.7 Å². The Morgan fingerprint density at radius 1 is 0.467 bits per heavy atom. The van der Waals surface area contributed by atoms with E-state index in [-0.39, 0.29) is 0 Å². The third-order valence-corrected chi connectivity index (χ3v) is 13.7. The van der Waals surface area contributed by atoms with Crippen LogP contribution in [-0.4, -0.2) is 4.70 Å². The molecule has 0 bridgehead atoms. The van der Waals surface area contributed by atoms with Crippen LogP contribution in [0.2, 0.25) is 10.8 Å². The Labute approximate surface area is 379 Å². The van der Waals surface area contributed by atoms with E-state index < -0.39 is 0 Å². The summed E-state index contributed by atoms with van der Waals surface area (Å²) in [6.07, 6.45) is 32.8. The first kappa shape index (κ1) is 53.7. The van der Waals surface area contributed by atoms with E-state index in [1.807, 2.05) is 14.4 Å². The van der Waals surface area contributed by atoms with E-state index in [4.69, 9.17) is 0 Å². The molecular formula is C57H92N2Ni. The molecule has 0 unspecified atom stereocenters. The van der Waals surface area contributed by atoms with Crippen molar-refractivity contribution in [2.75, 3.05) is 0 Å². The zero-order chi connectivity index (χ0) is 44.0. The van der Waals surface area contributed by atoms with Crippen molar-refractivity contribution in [2.45, 2.75) is 253 Å². The predicted molar refractivity (Wildman–Crippen MR) is 264 cm³/mol. The molecule has 0 aromatic heterocycles. The van der Waals surface area contributed by atoms with Crippen LogP contribution in [0.5, 0.6) is 0 Å². The number of nitrogens with zero attached hydrogens (tertiary/aromatic N) is 2. The van der Waals surface area contributed by atoms with Crippen LogP contribution >= 0.6 is 0 Å². The molecule has 3 heteroatoms. The summed E-state index contributed by atoms with van der Waals surface area (Å²) in [5.41, 5.74) is 27.6. The molecule has 0 saturated heterocycles. The van der Waals surface area contributed by atoms with Gasteiger partial charge < -0.3 is 5.53 Å². The fourth-order valence-electron chi connectivity index (χ4n) is 8.35. The standard InChI is InChI=1S/C49H74N2.2C4H9.Ni/c1-9-15-20-25-29-40-34-44(35-41(38(40)7)30-26-21-16-10-2)48-46(14-6)47(33-24-19-13-5)49(51(48)50)45-36-42(31-27-22-17-11-3)39(8)43(37-45)32-28-23-18-12-4;2*1-3-4-2;/h34-37H,9-23,25-32H2,1-8H3;2*1,3-4H2,2H3;. The van der Waals surface area contributed by atoms with Crippen molar-refractivity contribution in [1.29, 1.82) is 0 Å². The Bertz CT molecular complexity index is 1570. The van der Waals surface area contributed by atoms with Gasteiger partial charge in [-0.1, -0.05) is 130 Å². The Morgan fingerprint density at radius 3 is 1.17 bits per heavy atom. The summed E-state index contributed by atoms with van der Waals surface area (Å²) in [7, 11) is 0. The fraction of sp³-hybridized carbons (Fsp3) is 0.684. The molecule has 2 aromatic rings. The molecule has 0 radical (unpaired) electrons. The molecule has 0 aliphatic carbocycles. The number of rotatable bonds is 30. The van der Waals surface area contributed by atoms with Gasteiger partial charge in [-0.2, -0.15) is 0 Å². The van der Waals surface area contributed by atoms with Gasteiger partial charge in [-0.25, -0.2) is 4.70 Å². The second-order valence-corrected chi connectivity index (χ2v) is 19.0. The van der Waals surface area contributed by atoms with Gasteiger partial charge in [0.2, 0.25) is 11.4 Å². The number of benzene rings is 2. The third kappa shape index (κ3) is 18.5. The summed E-state index contributed by atoms with van der Waals surface area (Å²) in [5, 5.41) is 2.78. The molecule has 0 atom stereocenters.